The molecule has 30 heavy (non-hydrogen) atoms. The summed E-state index contributed by atoms with van der Waals surface area (Å²) >= 11 is 0. The van der Waals surface area contributed by atoms with Gasteiger partial charge in [-0.15, -0.1) is 0 Å². The van der Waals surface area contributed by atoms with Gasteiger partial charge in [0.05, 0.1) is 22.5 Å². The molecule has 3 aromatic carbocycles. The Kier molecular flexibility index (Phi) is 5.27. The molecule has 6 nitrogen and oxygen atoms in total. The van der Waals surface area contributed by atoms with Gasteiger partial charge in [-0.3, -0.25) is 0 Å². The molecule has 0 radical (unpaired) electrons. The second-order valence-electron chi connectivity index (χ2n) is 6.57. The number of rotatable bonds is 4. The van der Waals surface area contributed by atoms with E-state index >= 15 is 0 Å². The number of ether oxygens (including phenoxy) is 1. The zero-order valence-electron chi connectivity index (χ0n) is 16.2. The monoisotopic (exact) mass is 417 g/mol. The number of nitrogens with zero attached hydrogens (tertiary/aromatic N) is 1. The first-order valence-electron chi connectivity index (χ1n) is 9.31. The third-order valence-electron chi connectivity index (χ3n) is 4.48. The van der Waals surface area contributed by atoms with E-state index < -0.39 is 10.0 Å². The highest BCUT2D eigenvalue weighted by molar-refractivity contribution is 7.89. The lowest BCUT2D eigenvalue weighted by molar-refractivity contribution is 0.340. The molecule has 4 rings (SSSR count). The molecule has 1 aromatic heterocycles. The van der Waals surface area contributed by atoms with Crippen LogP contribution < -0.4 is 9.88 Å². The Labute approximate surface area is 174 Å². The summed E-state index contributed by atoms with van der Waals surface area (Å²) in [6.07, 6.45) is 0. The van der Waals surface area contributed by atoms with Crippen molar-refractivity contribution in [2.45, 2.75) is 11.8 Å². The molecule has 0 atom stereocenters. The zero-order chi connectivity index (χ0) is 21.1. The molecule has 0 aliphatic rings. The maximum absolute atomic E-state index is 11.9. The van der Waals surface area contributed by atoms with E-state index in [1.807, 2.05) is 49.4 Å². The number of sulfonamides is 1. The summed E-state index contributed by atoms with van der Waals surface area (Å²) in [7, 11) is -3.83. The maximum atomic E-state index is 11.9. The number of H-pyrrole nitrogens is 1. The number of hydrogen-bond donors (Lipinski definition) is 2. The van der Waals surface area contributed by atoms with Crippen LogP contribution in [-0.4, -0.2) is 25.0 Å². The van der Waals surface area contributed by atoms with Crippen LogP contribution in [-0.2, 0) is 10.0 Å². The number of aromatic amines is 1. The van der Waals surface area contributed by atoms with Gasteiger partial charge in [-0.25, -0.2) is 18.5 Å². The Hall–Kier alpha value is -3.60. The number of aromatic nitrogens is 2. The van der Waals surface area contributed by atoms with Crippen molar-refractivity contribution < 1.29 is 13.2 Å². The SMILES string of the molecule is CCOc1ccc(C#Cc2nc3ccc(-c4ccccc4S(N)(=O)=O)cc3[nH]2)cc1. The van der Waals surface area contributed by atoms with Gasteiger partial charge in [-0.05, 0) is 60.9 Å². The van der Waals surface area contributed by atoms with E-state index in [0.29, 0.717) is 18.0 Å². The molecule has 3 N–H and O–H groups in total. The van der Waals surface area contributed by atoms with Crippen LogP contribution in [0, 0.1) is 11.8 Å². The fourth-order valence-electron chi connectivity index (χ4n) is 3.12. The van der Waals surface area contributed by atoms with Gasteiger partial charge in [0, 0.05) is 11.1 Å². The van der Waals surface area contributed by atoms with Gasteiger partial charge in [0.1, 0.15) is 5.75 Å². The zero-order valence-corrected chi connectivity index (χ0v) is 17.0. The van der Waals surface area contributed by atoms with Crippen molar-refractivity contribution in [1.82, 2.24) is 9.97 Å². The van der Waals surface area contributed by atoms with Crippen molar-refractivity contribution in [2.75, 3.05) is 6.61 Å². The summed E-state index contributed by atoms with van der Waals surface area (Å²) in [5.74, 6) is 7.42. The highest BCUT2D eigenvalue weighted by Crippen LogP contribution is 2.28. The average Bonchev–Trinajstić information content (AvgIpc) is 3.15. The molecule has 1 heterocycles. The number of benzene rings is 3. The number of nitrogens with one attached hydrogen (secondary N) is 1. The number of imidazole rings is 1. The molecular formula is C23H19N3O3S. The van der Waals surface area contributed by atoms with Gasteiger partial charge >= 0.3 is 0 Å². The summed E-state index contributed by atoms with van der Waals surface area (Å²) in [6, 6.07) is 19.7. The van der Waals surface area contributed by atoms with E-state index in [0.717, 1.165) is 27.9 Å². The van der Waals surface area contributed by atoms with Gasteiger partial charge in [-0.1, -0.05) is 30.2 Å². The van der Waals surface area contributed by atoms with Crippen molar-refractivity contribution in [3.8, 4) is 28.7 Å². The van der Waals surface area contributed by atoms with Crippen LogP contribution in [0.1, 0.15) is 18.3 Å². The van der Waals surface area contributed by atoms with Crippen molar-refractivity contribution in [2.24, 2.45) is 5.14 Å². The van der Waals surface area contributed by atoms with Gasteiger partial charge in [0.25, 0.3) is 0 Å². The van der Waals surface area contributed by atoms with E-state index in [1.54, 1.807) is 18.2 Å². The molecule has 0 saturated heterocycles. The lowest BCUT2D eigenvalue weighted by atomic mass is 10.1. The first kappa shape index (κ1) is 19.7. The predicted octanol–water partition coefficient (Wildman–Crippen LogP) is 3.68. The van der Waals surface area contributed by atoms with Gasteiger partial charge < -0.3 is 9.72 Å². The number of hydrogen-bond acceptors (Lipinski definition) is 4. The van der Waals surface area contributed by atoms with E-state index in [1.165, 1.54) is 6.07 Å². The topological polar surface area (TPSA) is 98.1 Å². The molecule has 0 spiro atoms. The van der Waals surface area contributed by atoms with Crippen molar-refractivity contribution in [3.63, 3.8) is 0 Å². The molecule has 0 saturated carbocycles. The Bertz CT molecular complexity index is 1380. The minimum Gasteiger partial charge on any atom is -0.494 e. The lowest BCUT2D eigenvalue weighted by Gasteiger charge is -2.07. The number of nitrogens with two attached hydrogens (primary N) is 1. The Morgan fingerprint density at radius 2 is 1.80 bits per heavy atom. The van der Waals surface area contributed by atoms with Crippen LogP contribution in [0.5, 0.6) is 5.75 Å². The summed E-state index contributed by atoms with van der Waals surface area (Å²) in [5, 5.41) is 5.36. The second-order valence-corrected chi connectivity index (χ2v) is 8.10. The van der Waals surface area contributed by atoms with E-state index in [-0.39, 0.29) is 4.90 Å². The summed E-state index contributed by atoms with van der Waals surface area (Å²) < 4.78 is 29.2. The first-order chi connectivity index (χ1) is 14.4. The highest BCUT2D eigenvalue weighted by atomic mass is 32.2. The Balaban J connectivity index is 1.66. The quantitative estimate of drug-likeness (QED) is 0.495. The maximum Gasteiger partial charge on any atom is 0.238 e. The Morgan fingerprint density at radius 3 is 2.53 bits per heavy atom. The fraction of sp³-hybridized carbons (Fsp3) is 0.0870. The summed E-state index contributed by atoms with van der Waals surface area (Å²) in [6.45, 7) is 2.56. The highest BCUT2D eigenvalue weighted by Gasteiger charge is 2.15. The average molecular weight is 417 g/mol. The van der Waals surface area contributed by atoms with Gasteiger partial charge in [-0.2, -0.15) is 0 Å². The molecular weight excluding hydrogens is 398 g/mol. The van der Waals surface area contributed by atoms with E-state index in [2.05, 4.69) is 21.8 Å². The van der Waals surface area contributed by atoms with E-state index in [4.69, 9.17) is 9.88 Å². The molecule has 0 aliphatic heterocycles. The second kappa shape index (κ2) is 8.03. The van der Waals surface area contributed by atoms with Gasteiger partial charge in [0.15, 0.2) is 5.82 Å². The summed E-state index contributed by atoms with van der Waals surface area (Å²) in [5.41, 5.74) is 3.61. The first-order valence-corrected chi connectivity index (χ1v) is 10.9. The number of fused-ring (bicyclic) bond motifs is 1. The van der Waals surface area contributed by atoms with Crippen LogP contribution in [0.2, 0.25) is 0 Å². The molecule has 4 aromatic rings. The standard InChI is InChI=1S/C23H19N3O3S/c1-2-29-18-11-7-16(8-12-18)9-14-23-25-20-13-10-17(15-21(20)26-23)19-5-3-4-6-22(19)30(24,27)28/h3-8,10-13,15H,2H2,1H3,(H,25,26)(H2,24,27,28). The lowest BCUT2D eigenvalue weighted by Crippen LogP contribution is -2.13. The minimum atomic E-state index is -3.83. The van der Waals surface area contributed by atoms with Crippen molar-refractivity contribution in [1.29, 1.82) is 0 Å². The van der Waals surface area contributed by atoms with Crippen LogP contribution in [0.3, 0.4) is 0 Å². The van der Waals surface area contributed by atoms with Crippen LogP contribution in [0.15, 0.2) is 71.6 Å². The molecule has 150 valence electrons. The van der Waals surface area contributed by atoms with Crippen LogP contribution in [0.25, 0.3) is 22.2 Å². The minimum absolute atomic E-state index is 0.0828. The van der Waals surface area contributed by atoms with Gasteiger partial charge in [0.2, 0.25) is 10.0 Å². The molecule has 0 unspecified atom stereocenters. The predicted molar refractivity (Wildman–Crippen MR) is 116 cm³/mol. The third kappa shape index (κ3) is 4.20. The number of primary sulfonamides is 1. The smallest absolute Gasteiger partial charge is 0.238 e. The third-order valence-corrected chi connectivity index (χ3v) is 5.45. The molecule has 7 heteroatoms. The molecule has 0 bridgehead atoms. The molecule has 0 aliphatic carbocycles. The summed E-state index contributed by atoms with van der Waals surface area (Å²) in [4.78, 5) is 7.74. The largest absolute Gasteiger partial charge is 0.494 e. The van der Waals surface area contributed by atoms with Crippen molar-refractivity contribution >= 4 is 21.1 Å². The molecule has 0 amide bonds. The normalized spacial score (nSPS) is 11.1. The van der Waals surface area contributed by atoms with Crippen molar-refractivity contribution in [3.05, 3.63) is 78.1 Å². The molecule has 0 fully saturated rings. The van der Waals surface area contributed by atoms with Crippen LogP contribution in [0.4, 0.5) is 0 Å². The van der Waals surface area contributed by atoms with E-state index in [9.17, 15) is 8.42 Å². The van der Waals surface area contributed by atoms with Crippen LogP contribution >= 0.6 is 0 Å². The Morgan fingerprint density at radius 1 is 1.03 bits per heavy atom. The fourth-order valence-corrected chi connectivity index (χ4v) is 3.88.